The molecule has 1 saturated heterocycles. The molecular formula is C50H42Cl2N18O23S7. The Balaban J connectivity index is 0.801. The van der Waals surface area contributed by atoms with Gasteiger partial charge in [-0.2, -0.15) is 73.8 Å². The Kier molecular flexibility index (Phi) is 23.3. The first kappa shape index (κ1) is 74.1. The number of hydrogen-bond donors (Lipinski definition) is 13. The first-order chi connectivity index (χ1) is 47.5. The van der Waals surface area contributed by atoms with Crippen LogP contribution in [0.1, 0.15) is 0 Å². The lowest BCUT2D eigenvalue weighted by atomic mass is 10.1. The van der Waals surface area contributed by atoms with E-state index >= 15 is 0 Å². The highest BCUT2D eigenvalue weighted by Gasteiger charge is 2.29. The number of aromatic nitrogens is 6. The van der Waals surface area contributed by atoms with Gasteiger partial charge in [-0.05, 0) is 126 Å². The van der Waals surface area contributed by atoms with Crippen molar-refractivity contribution in [1.82, 2.24) is 34.8 Å². The van der Waals surface area contributed by atoms with Crippen LogP contribution < -0.4 is 26.6 Å². The van der Waals surface area contributed by atoms with Gasteiger partial charge in [0.2, 0.25) is 34.4 Å². The normalized spacial score (nSPS) is 13.6. The molecule has 9 aromatic rings. The fraction of sp³-hybridized carbons (Fsp3) is 0.120. The van der Waals surface area contributed by atoms with E-state index in [1.54, 1.807) is 4.90 Å². The number of azo groups is 3. The van der Waals surface area contributed by atoms with E-state index in [0.717, 1.165) is 48.5 Å². The molecule has 14 N–H and O–H groups in total. The number of fused-ring (bicyclic) bond motifs is 2. The van der Waals surface area contributed by atoms with Crippen molar-refractivity contribution in [1.29, 1.82) is 0 Å². The first-order valence-electron chi connectivity index (χ1n) is 27.0. The van der Waals surface area contributed by atoms with E-state index < -0.39 is 105 Å². The minimum atomic E-state index is -5.27. The van der Waals surface area contributed by atoms with Gasteiger partial charge in [0.05, 0.1) is 69.2 Å². The Morgan fingerprint density at radius 3 is 1.77 bits per heavy atom. The van der Waals surface area contributed by atoms with Gasteiger partial charge in [-0.25, -0.2) is 15.8 Å². The molecule has 1 aliphatic rings. The van der Waals surface area contributed by atoms with Crippen LogP contribution in [0, 0.1) is 0 Å². The Morgan fingerprint density at radius 2 is 1.12 bits per heavy atom. The van der Waals surface area contributed by atoms with Crippen LogP contribution in [0.15, 0.2) is 162 Å². The summed E-state index contributed by atoms with van der Waals surface area (Å²) < 4.78 is 156. The van der Waals surface area contributed by atoms with Gasteiger partial charge in [0.1, 0.15) is 48.1 Å². The number of aromatic hydroxyl groups is 2. The maximum absolute atomic E-state index is 13.3. The van der Waals surface area contributed by atoms with Crippen molar-refractivity contribution < 1.29 is 106 Å². The molecule has 1 aliphatic heterocycles. The van der Waals surface area contributed by atoms with Crippen molar-refractivity contribution >= 4 is 196 Å². The van der Waals surface area contributed by atoms with E-state index in [-0.39, 0.29) is 96.0 Å². The first-order valence-corrected chi connectivity index (χ1v) is 35.7. The molecule has 0 spiro atoms. The fourth-order valence-electron chi connectivity index (χ4n) is 9.32. The number of nitrogens with zero attached hydrogens (tertiary/aromatic N) is 14. The number of anilines is 7. The Bertz CT molecular complexity index is 5220. The van der Waals surface area contributed by atoms with Crippen LogP contribution in [0.2, 0.25) is 10.6 Å². The van der Waals surface area contributed by atoms with Crippen LogP contribution >= 0.6 is 59.3 Å². The van der Waals surface area contributed by atoms with Crippen molar-refractivity contribution in [2.75, 3.05) is 65.9 Å². The van der Waals surface area contributed by atoms with Crippen molar-refractivity contribution in [2.24, 2.45) is 30.7 Å². The molecule has 0 atom stereocenters. The number of phenolic OH excluding ortho intramolecular Hbond substituents is 2. The number of benzene rings is 7. The molecule has 10 rings (SSSR count). The molecule has 7 aromatic carbocycles. The number of phenols is 2. The molecule has 2 aromatic heterocycles. The fourth-order valence-corrected chi connectivity index (χ4v) is 13.7. The molecule has 1 fully saturated rings. The highest BCUT2D eigenvalue weighted by molar-refractivity contribution is 7.95. The Morgan fingerprint density at radius 1 is 0.540 bits per heavy atom. The summed E-state index contributed by atoms with van der Waals surface area (Å²) in [6.07, 6.45) is 0. The molecular weight excluding hydrogens is 1520 g/mol. The number of piperazine rings is 1. The molecule has 0 radical (unpaired) electrons. The third-order valence-electron chi connectivity index (χ3n) is 13.5. The lowest BCUT2D eigenvalue weighted by Crippen LogP contribution is -2.48. The van der Waals surface area contributed by atoms with Crippen LogP contribution in [0.3, 0.4) is 0 Å². The summed E-state index contributed by atoms with van der Waals surface area (Å²) in [6.45, 7) is 2.07. The second-order valence-electron chi connectivity index (χ2n) is 19.8. The third-order valence-corrected chi connectivity index (χ3v) is 19.2. The minimum absolute atomic E-state index is 0.0257. The summed E-state index contributed by atoms with van der Waals surface area (Å²) in [6, 6.07) is 19.2. The van der Waals surface area contributed by atoms with Crippen molar-refractivity contribution in [2.45, 2.75) is 34.3 Å². The molecule has 526 valence electrons. The number of nitrogens with one attached hydrogen (secondary N) is 3. The topological polar surface area (TPSA) is 594 Å². The maximum atomic E-state index is 13.3. The zero-order chi connectivity index (χ0) is 71.8. The van der Waals surface area contributed by atoms with E-state index in [4.69, 9.17) is 44.7 Å². The average Bonchev–Trinajstić information content (AvgIpc) is 0.756. The van der Waals surface area contributed by atoms with Gasteiger partial charge in [0, 0.05) is 65.5 Å². The quantitative estimate of drug-likeness (QED) is 0.00541. The van der Waals surface area contributed by atoms with Gasteiger partial charge in [-0.15, -0.1) is 33.5 Å². The van der Waals surface area contributed by atoms with Crippen LogP contribution in [-0.2, 0) is 68.6 Å². The van der Waals surface area contributed by atoms with Gasteiger partial charge in [0.15, 0.2) is 5.75 Å². The van der Waals surface area contributed by atoms with Gasteiger partial charge in [-0.1, -0.05) is 15.1 Å². The molecule has 3 heterocycles. The second-order valence-corrected chi connectivity index (χ2v) is 28.3. The predicted molar refractivity (Wildman–Crippen MR) is 352 cm³/mol. The summed E-state index contributed by atoms with van der Waals surface area (Å²) in [5.41, 5.74) is 3.08. The summed E-state index contributed by atoms with van der Waals surface area (Å²) >= 11 is 13.9. The third kappa shape index (κ3) is 18.3. The monoisotopic (exact) mass is 1560 g/mol. The van der Waals surface area contributed by atoms with E-state index in [9.17, 15) is 62.1 Å². The minimum Gasteiger partial charge on any atom is -0.507 e. The lowest BCUT2D eigenvalue weighted by Gasteiger charge is -2.34. The Labute approximate surface area is 583 Å². The predicted octanol–water partition coefficient (Wildman–Crippen LogP) is 10.9. The average molecular weight is 1560 g/mol. The van der Waals surface area contributed by atoms with Gasteiger partial charge < -0.3 is 36.8 Å². The van der Waals surface area contributed by atoms with Crippen molar-refractivity contribution in [3.63, 3.8) is 0 Å². The molecule has 50 heteroatoms. The van der Waals surface area contributed by atoms with E-state index in [1.807, 2.05) is 4.90 Å². The van der Waals surface area contributed by atoms with E-state index in [1.165, 1.54) is 48.5 Å². The zero-order valence-corrected chi connectivity index (χ0v) is 56.4. The molecule has 0 saturated carbocycles. The summed E-state index contributed by atoms with van der Waals surface area (Å²) in [4.78, 5) is 25.8. The molecule has 100 heavy (non-hydrogen) atoms. The zero-order valence-electron chi connectivity index (χ0n) is 49.2. The van der Waals surface area contributed by atoms with Gasteiger partial charge >= 0.3 is 0 Å². The van der Waals surface area contributed by atoms with Gasteiger partial charge in [-0.3, -0.25) is 23.1 Å². The standard InChI is InChI=1S/C50H42Cl2N18O23S7/c51-45-57-47(61-48(58-45)55-25-3-8-31(36(19-25)97(76,77)78)66-68-42-39-23(18-38(40(42)53)99(82,83)84)17-28(21-34(39)71)95-92-89-74)54-11-12-69-13-15-70(16-14-69)50-60-46(52)59-49(62-50)56-33-10-7-29-30(44(33)100(85,86)87)22-35(96-93-90-75)41(43(29)72)67-65-32-9-4-26(20-37(32)98(79,80)81)64-63-24-1-5-27(6-2-24)94-91-88-73/h1-10,17-22,71-75H,11-16,53H2,(H,76,77,78)(H,79,80,81)(H,82,83,84)(H,85,86,87)(H,56,59,60,62)(H2,54,55,57,58,61). The smallest absolute Gasteiger partial charge is 0.297 e. The molecule has 41 nitrogen and oxygen atoms in total. The SMILES string of the molecule is Nc1c(S(=O)(=O)O)cc2cc(SOOO)cc(O)c2c1N=Nc1ccc(Nc2nc(Cl)nc(NCCN3CCN(c4nc(Cl)nc(Nc5ccc6c(O)c(N=Nc7ccc(N=Nc8ccc(SOOO)cc8)cc7S(=O)(=O)O)c(SOOO)cc6c5S(=O)(=O)O)n4)CC3)n2)cc1S(=O)(=O)O. The largest absolute Gasteiger partial charge is 0.507 e. The number of halogens is 2. The summed E-state index contributed by atoms with van der Waals surface area (Å²) in [5, 5.41) is 89.9. The number of nitrogen functional groups attached to an aromatic ring is 1. The maximum Gasteiger partial charge on any atom is 0.297 e. The van der Waals surface area contributed by atoms with Crippen molar-refractivity contribution in [3.05, 3.63) is 108 Å². The highest BCUT2D eigenvalue weighted by atomic mass is 35.5. The van der Waals surface area contributed by atoms with Crippen molar-refractivity contribution in [3.8, 4) is 11.5 Å². The summed E-state index contributed by atoms with van der Waals surface area (Å²) in [7, 11) is -20.5. The van der Waals surface area contributed by atoms with Crippen LogP contribution in [0.4, 0.5) is 75.0 Å². The molecule has 0 unspecified atom stereocenters. The van der Waals surface area contributed by atoms with E-state index in [2.05, 4.69) is 105 Å². The van der Waals surface area contributed by atoms with E-state index in [0.29, 0.717) is 67.4 Å². The summed E-state index contributed by atoms with van der Waals surface area (Å²) in [5.74, 6) is -1.90. The molecule has 0 bridgehead atoms. The van der Waals surface area contributed by atoms with Crippen LogP contribution in [-0.4, -0.2) is 152 Å². The van der Waals surface area contributed by atoms with Gasteiger partial charge in [0.25, 0.3) is 40.5 Å². The second kappa shape index (κ2) is 31.5. The lowest BCUT2D eigenvalue weighted by molar-refractivity contribution is -0.432. The van der Waals surface area contributed by atoms with Crippen LogP contribution in [0.5, 0.6) is 11.5 Å². The van der Waals surface area contributed by atoms with Crippen LogP contribution in [0.25, 0.3) is 21.5 Å². The number of rotatable bonds is 28. The number of hydrogen-bond acceptors (Lipinski definition) is 40. The molecule has 0 aliphatic carbocycles. The molecule has 0 amide bonds. The number of nitrogens with two attached hydrogens (primary N) is 1. The Hall–Kier alpha value is -8.65. The highest BCUT2D eigenvalue weighted by Crippen LogP contribution is 2.49.